The van der Waals surface area contributed by atoms with Crippen LogP contribution in [0.4, 0.5) is 0 Å². The van der Waals surface area contributed by atoms with E-state index in [1.165, 1.54) is 0 Å². The van der Waals surface area contributed by atoms with Crippen LogP contribution in [0.2, 0.25) is 0 Å². The van der Waals surface area contributed by atoms with Crippen molar-refractivity contribution in [2.45, 2.75) is 32.6 Å². The van der Waals surface area contributed by atoms with Crippen molar-refractivity contribution in [1.82, 2.24) is 0 Å². The summed E-state index contributed by atoms with van der Waals surface area (Å²) < 4.78 is 0. The largest absolute Gasteiger partial charge is 0.192 e. The quantitative estimate of drug-likeness (QED) is 0.692. The summed E-state index contributed by atoms with van der Waals surface area (Å²) in [6.45, 7) is 10.2. The Morgan fingerprint density at radius 1 is 1.29 bits per heavy atom. The molecule has 0 aliphatic heterocycles. The van der Waals surface area contributed by atoms with E-state index in [-0.39, 0.29) is 5.92 Å². The third-order valence-electron chi connectivity index (χ3n) is 2.39. The average molecular weight is 186 g/mol. The lowest BCUT2D eigenvalue weighted by Gasteiger charge is -2.11. The van der Waals surface area contributed by atoms with E-state index in [0.29, 0.717) is 5.92 Å². The maximum Gasteiger partial charge on any atom is 0.0994 e. The molecule has 0 spiro atoms. The van der Waals surface area contributed by atoms with Crippen LogP contribution in [0, 0.1) is 18.3 Å². The van der Waals surface area contributed by atoms with Crippen molar-refractivity contribution in [1.29, 1.82) is 5.26 Å². The molecule has 1 rings (SSSR count). The van der Waals surface area contributed by atoms with E-state index in [2.05, 4.69) is 32.9 Å². The van der Waals surface area contributed by atoms with Crippen LogP contribution < -0.4 is 0 Å². The summed E-state index contributed by atoms with van der Waals surface area (Å²) in [5, 5.41) is 9.00. The zero-order valence-corrected chi connectivity index (χ0v) is 9.04. The van der Waals surface area contributed by atoms with Gasteiger partial charge in [-0.1, -0.05) is 32.9 Å². The molecule has 1 atom stereocenters. The highest BCUT2D eigenvalue weighted by Gasteiger charge is 2.08. The summed E-state index contributed by atoms with van der Waals surface area (Å²) in [5.41, 5.74) is 3.04. The van der Waals surface area contributed by atoms with Gasteiger partial charge in [0.15, 0.2) is 0 Å². The number of nitrogens with zero attached hydrogens (tertiary/aromatic N) is 1. The highest BCUT2D eigenvalue weighted by molar-refractivity contribution is 5.43. The third-order valence-corrected chi connectivity index (χ3v) is 2.39. The number of hydrogen-bond donors (Lipinski definition) is 0. The van der Waals surface area contributed by atoms with Crippen LogP contribution in [-0.4, -0.2) is 0 Å². The van der Waals surface area contributed by atoms with Gasteiger partial charge in [0, 0.05) is 0 Å². The van der Waals surface area contributed by atoms with Crippen molar-refractivity contribution < 1.29 is 0 Å². The first-order chi connectivity index (χ1) is 6.56. The Labute approximate surface area is 86.4 Å². The van der Waals surface area contributed by atoms with E-state index in [4.69, 9.17) is 5.26 Å². The van der Waals surface area contributed by atoms with Crippen molar-refractivity contribution in [2.24, 2.45) is 0 Å². The van der Waals surface area contributed by atoms with Gasteiger partial charge in [0.2, 0.25) is 0 Å². The fourth-order valence-electron chi connectivity index (χ4n) is 1.48. The van der Waals surface area contributed by atoms with Crippen molar-refractivity contribution in [3.8, 4) is 6.07 Å². The van der Waals surface area contributed by atoms with Gasteiger partial charge in [-0.15, -0.1) is 0 Å². The molecule has 0 fully saturated rings. The Morgan fingerprint density at radius 3 is 2.36 bits per heavy atom. The number of rotatable bonds is 2. The molecule has 0 saturated carbocycles. The summed E-state index contributed by atoms with van der Waals surface area (Å²) in [6.07, 6.45) is 0. The molecule has 0 aliphatic rings. The lowest BCUT2D eigenvalue weighted by atomic mass is 9.93. The molecule has 1 nitrogen and oxygen atoms in total. The number of nitriles is 1. The van der Waals surface area contributed by atoms with E-state index < -0.39 is 0 Å². The van der Waals surface area contributed by atoms with Crippen LogP contribution in [0.25, 0.3) is 0 Å². The topological polar surface area (TPSA) is 23.8 Å². The van der Waals surface area contributed by atoms with Gasteiger partial charge in [-0.3, -0.25) is 0 Å². The van der Waals surface area contributed by atoms with Crippen LogP contribution in [0.15, 0.2) is 18.2 Å². The van der Waals surface area contributed by atoms with E-state index in [1.54, 1.807) is 0 Å². The summed E-state index contributed by atoms with van der Waals surface area (Å²) in [4.78, 5) is 0. The van der Waals surface area contributed by atoms with Crippen LogP contribution in [0.3, 0.4) is 0 Å². The normalized spacial score (nSPS) is 10.6. The molecule has 1 aromatic carbocycles. The zero-order valence-electron chi connectivity index (χ0n) is 9.04. The molecule has 14 heavy (non-hydrogen) atoms. The van der Waals surface area contributed by atoms with Crippen LogP contribution in [0.5, 0.6) is 0 Å². The first kappa shape index (κ1) is 10.8. The Morgan fingerprint density at radius 2 is 1.93 bits per heavy atom. The van der Waals surface area contributed by atoms with E-state index in [1.807, 2.05) is 19.1 Å². The molecule has 73 valence electrons. The predicted molar refractivity (Wildman–Crippen MR) is 59.0 cm³/mol. The molecule has 0 bridgehead atoms. The molecule has 0 aliphatic carbocycles. The van der Waals surface area contributed by atoms with Gasteiger partial charge in [-0.2, -0.15) is 5.26 Å². The molecule has 0 heterocycles. The molecular weight excluding hydrogens is 170 g/mol. The van der Waals surface area contributed by atoms with Gasteiger partial charge < -0.3 is 0 Å². The first-order valence-electron chi connectivity index (χ1n) is 4.93. The summed E-state index contributed by atoms with van der Waals surface area (Å²) in [7, 11) is 0. The summed E-state index contributed by atoms with van der Waals surface area (Å²) in [5.74, 6) is 0.641. The fraction of sp³-hybridized carbons (Fsp3) is 0.385. The summed E-state index contributed by atoms with van der Waals surface area (Å²) >= 11 is 0. The van der Waals surface area contributed by atoms with Gasteiger partial charge in [0.05, 0.1) is 11.6 Å². The Kier molecular flexibility index (Phi) is 3.30. The molecule has 0 N–H and O–H groups in total. The van der Waals surface area contributed by atoms with Gasteiger partial charge in [-0.05, 0) is 36.0 Å². The molecule has 0 aromatic heterocycles. The van der Waals surface area contributed by atoms with Crippen molar-refractivity contribution in [3.63, 3.8) is 0 Å². The molecule has 1 unspecified atom stereocenters. The minimum Gasteiger partial charge on any atom is -0.192 e. The Bertz CT molecular complexity index is 356. The lowest BCUT2D eigenvalue weighted by Crippen LogP contribution is -1.96. The van der Waals surface area contributed by atoms with Gasteiger partial charge in [0.1, 0.15) is 0 Å². The second-order valence-electron chi connectivity index (χ2n) is 4.01. The second-order valence-corrected chi connectivity index (χ2v) is 4.01. The maximum atomic E-state index is 9.00. The lowest BCUT2D eigenvalue weighted by molar-refractivity contribution is 0.857. The highest BCUT2D eigenvalue weighted by Crippen LogP contribution is 2.23. The minimum atomic E-state index is 0.239. The molecule has 0 amide bonds. The molecule has 0 saturated heterocycles. The Balaban J connectivity index is 3.20. The van der Waals surface area contributed by atoms with Gasteiger partial charge in [-0.25, -0.2) is 0 Å². The average Bonchev–Trinajstić information content (AvgIpc) is 2.16. The second kappa shape index (κ2) is 4.28. The van der Waals surface area contributed by atoms with Crippen molar-refractivity contribution in [2.75, 3.05) is 0 Å². The molecular formula is C13H16N. The van der Waals surface area contributed by atoms with E-state index >= 15 is 0 Å². The minimum absolute atomic E-state index is 0.239. The monoisotopic (exact) mass is 186 g/mol. The highest BCUT2D eigenvalue weighted by atomic mass is 14.3. The van der Waals surface area contributed by atoms with Crippen LogP contribution in [0.1, 0.15) is 49.3 Å². The molecule has 1 aromatic rings. The Hall–Kier alpha value is -1.29. The van der Waals surface area contributed by atoms with Crippen molar-refractivity contribution in [3.05, 3.63) is 41.8 Å². The van der Waals surface area contributed by atoms with E-state index in [0.717, 1.165) is 16.7 Å². The standard InChI is InChI=1S/C13H16N/c1-9(2)11-5-6-13(10(3)4)12(7-11)8-14/h5-7,9-10H,1H2,2-4H3. The maximum absolute atomic E-state index is 9.00. The van der Waals surface area contributed by atoms with E-state index in [9.17, 15) is 0 Å². The van der Waals surface area contributed by atoms with Gasteiger partial charge >= 0.3 is 0 Å². The van der Waals surface area contributed by atoms with Crippen LogP contribution >= 0.6 is 0 Å². The molecule has 1 radical (unpaired) electrons. The SMILES string of the molecule is [CH2]C(C)c1ccc(C(C)C)c(C#N)c1. The fourth-order valence-corrected chi connectivity index (χ4v) is 1.48. The van der Waals surface area contributed by atoms with Crippen molar-refractivity contribution >= 4 is 0 Å². The summed E-state index contributed by atoms with van der Waals surface area (Å²) in [6, 6.07) is 8.30. The first-order valence-corrected chi connectivity index (χ1v) is 4.93. The van der Waals surface area contributed by atoms with Crippen LogP contribution in [-0.2, 0) is 0 Å². The number of benzene rings is 1. The van der Waals surface area contributed by atoms with Gasteiger partial charge in [0.25, 0.3) is 0 Å². The smallest absolute Gasteiger partial charge is 0.0994 e. The third kappa shape index (κ3) is 2.14. The molecule has 1 heteroatoms. The zero-order chi connectivity index (χ0) is 10.7. The number of hydrogen-bond acceptors (Lipinski definition) is 1. The predicted octanol–water partition coefficient (Wildman–Crippen LogP) is 3.62.